The average Bonchev–Trinajstić information content (AvgIpc) is 2.51. The van der Waals surface area contributed by atoms with E-state index in [1.54, 1.807) is 6.26 Å². The van der Waals surface area contributed by atoms with Crippen LogP contribution < -0.4 is 0 Å². The zero-order valence-corrected chi connectivity index (χ0v) is 12.1. The standard InChI is InChI=1S/C18H24O2/c1-3-19-13-15-7-5-9-17(11-15)18-10-6-8-16(12-18)14-20-4-2/h3-5,7,9,11,16,18H,1-2,6,8,10,12-14H2. The molecule has 2 heteroatoms. The van der Waals surface area contributed by atoms with E-state index in [9.17, 15) is 0 Å². The Morgan fingerprint density at radius 2 is 2.00 bits per heavy atom. The van der Waals surface area contributed by atoms with Gasteiger partial charge in [-0.2, -0.15) is 0 Å². The van der Waals surface area contributed by atoms with Crippen LogP contribution in [0.3, 0.4) is 0 Å². The fourth-order valence-electron chi connectivity index (χ4n) is 3.04. The third-order valence-electron chi connectivity index (χ3n) is 4.02. The van der Waals surface area contributed by atoms with Crippen molar-refractivity contribution in [2.45, 2.75) is 38.2 Å². The highest BCUT2D eigenvalue weighted by Crippen LogP contribution is 2.36. The van der Waals surface area contributed by atoms with E-state index in [0.29, 0.717) is 18.4 Å². The van der Waals surface area contributed by atoms with Crippen molar-refractivity contribution in [1.29, 1.82) is 0 Å². The number of benzene rings is 1. The van der Waals surface area contributed by atoms with E-state index in [4.69, 9.17) is 9.47 Å². The van der Waals surface area contributed by atoms with Gasteiger partial charge in [0.15, 0.2) is 0 Å². The Hall–Kier alpha value is -1.70. The molecule has 1 aromatic carbocycles. The van der Waals surface area contributed by atoms with Crippen LogP contribution in [-0.2, 0) is 16.1 Å². The average molecular weight is 272 g/mol. The van der Waals surface area contributed by atoms with Crippen LogP contribution in [-0.4, -0.2) is 6.61 Å². The lowest BCUT2D eigenvalue weighted by atomic mass is 9.78. The summed E-state index contributed by atoms with van der Waals surface area (Å²) >= 11 is 0. The molecule has 0 heterocycles. The van der Waals surface area contributed by atoms with Gasteiger partial charge in [0.25, 0.3) is 0 Å². The molecule has 0 saturated heterocycles. The normalized spacial score (nSPS) is 22.0. The van der Waals surface area contributed by atoms with Gasteiger partial charge in [0.05, 0.1) is 19.1 Å². The summed E-state index contributed by atoms with van der Waals surface area (Å²) in [5.41, 5.74) is 2.64. The first-order valence-corrected chi connectivity index (χ1v) is 7.37. The molecule has 0 radical (unpaired) electrons. The first-order chi connectivity index (χ1) is 9.83. The molecule has 1 aliphatic carbocycles. The van der Waals surface area contributed by atoms with Crippen LogP contribution in [0.15, 0.2) is 49.9 Å². The Labute approximate surface area is 122 Å². The third kappa shape index (κ3) is 4.16. The molecule has 2 atom stereocenters. The molecule has 2 nitrogen and oxygen atoms in total. The summed E-state index contributed by atoms with van der Waals surface area (Å²) in [6.07, 6.45) is 8.08. The summed E-state index contributed by atoms with van der Waals surface area (Å²) in [4.78, 5) is 0. The minimum atomic E-state index is 0.604. The van der Waals surface area contributed by atoms with E-state index >= 15 is 0 Å². The Kier molecular flexibility index (Phi) is 5.72. The van der Waals surface area contributed by atoms with Crippen molar-refractivity contribution in [2.24, 2.45) is 5.92 Å². The van der Waals surface area contributed by atoms with Crippen molar-refractivity contribution in [2.75, 3.05) is 6.61 Å². The fourth-order valence-corrected chi connectivity index (χ4v) is 3.04. The molecule has 1 fully saturated rings. The predicted molar refractivity (Wildman–Crippen MR) is 82.3 cm³/mol. The summed E-state index contributed by atoms with van der Waals surface area (Å²) in [5.74, 6) is 1.30. The minimum Gasteiger partial charge on any atom is -0.502 e. The highest BCUT2D eigenvalue weighted by atomic mass is 16.5. The number of ether oxygens (including phenoxy) is 2. The Morgan fingerprint density at radius 3 is 2.80 bits per heavy atom. The lowest BCUT2D eigenvalue weighted by molar-refractivity contribution is 0.158. The van der Waals surface area contributed by atoms with Crippen molar-refractivity contribution < 1.29 is 9.47 Å². The molecule has 1 saturated carbocycles. The molecule has 0 spiro atoms. The predicted octanol–water partition coefficient (Wildman–Crippen LogP) is 4.78. The monoisotopic (exact) mass is 272 g/mol. The van der Waals surface area contributed by atoms with E-state index in [2.05, 4.69) is 37.4 Å². The van der Waals surface area contributed by atoms with Gasteiger partial charge in [-0.05, 0) is 42.2 Å². The second kappa shape index (κ2) is 7.78. The molecule has 108 valence electrons. The number of hydrogen-bond donors (Lipinski definition) is 0. The topological polar surface area (TPSA) is 18.5 Å². The first kappa shape index (κ1) is 14.7. The van der Waals surface area contributed by atoms with Gasteiger partial charge in [0.1, 0.15) is 6.61 Å². The zero-order valence-electron chi connectivity index (χ0n) is 12.1. The van der Waals surface area contributed by atoms with E-state index in [1.165, 1.54) is 43.1 Å². The van der Waals surface area contributed by atoms with Gasteiger partial charge in [0, 0.05) is 0 Å². The maximum Gasteiger partial charge on any atom is 0.112 e. The van der Waals surface area contributed by atoms with E-state index in [-0.39, 0.29) is 0 Å². The molecular formula is C18H24O2. The van der Waals surface area contributed by atoms with Gasteiger partial charge >= 0.3 is 0 Å². The van der Waals surface area contributed by atoms with Crippen LogP contribution in [0.4, 0.5) is 0 Å². The molecule has 0 bridgehead atoms. The second-order valence-electron chi connectivity index (χ2n) is 5.45. The molecule has 1 aliphatic rings. The van der Waals surface area contributed by atoms with Gasteiger partial charge < -0.3 is 9.47 Å². The Balaban J connectivity index is 1.98. The van der Waals surface area contributed by atoms with Gasteiger partial charge in [-0.1, -0.05) is 43.8 Å². The van der Waals surface area contributed by atoms with Gasteiger partial charge in [-0.25, -0.2) is 0 Å². The minimum absolute atomic E-state index is 0.604. The maximum atomic E-state index is 5.37. The first-order valence-electron chi connectivity index (χ1n) is 7.37. The maximum absolute atomic E-state index is 5.37. The third-order valence-corrected chi connectivity index (χ3v) is 4.02. The highest BCUT2D eigenvalue weighted by molar-refractivity contribution is 5.26. The Morgan fingerprint density at radius 1 is 1.15 bits per heavy atom. The molecule has 0 aliphatic heterocycles. The van der Waals surface area contributed by atoms with Crippen LogP contribution in [0.2, 0.25) is 0 Å². The molecule has 2 unspecified atom stereocenters. The molecule has 1 aromatic rings. The SMILES string of the molecule is C=COCc1cccc(C2CCCC(COC=C)C2)c1. The molecule has 0 N–H and O–H groups in total. The quantitative estimate of drug-likeness (QED) is 0.665. The summed E-state index contributed by atoms with van der Waals surface area (Å²) in [6.45, 7) is 8.61. The second-order valence-corrected chi connectivity index (χ2v) is 5.45. The van der Waals surface area contributed by atoms with Crippen LogP contribution in [0.5, 0.6) is 0 Å². The molecule has 20 heavy (non-hydrogen) atoms. The van der Waals surface area contributed by atoms with Crippen molar-refractivity contribution in [1.82, 2.24) is 0 Å². The Bertz CT molecular complexity index is 439. The van der Waals surface area contributed by atoms with Crippen LogP contribution in [0, 0.1) is 5.92 Å². The summed E-state index contributed by atoms with van der Waals surface area (Å²) in [6, 6.07) is 8.73. The zero-order chi connectivity index (χ0) is 14.2. The van der Waals surface area contributed by atoms with Crippen molar-refractivity contribution in [3.8, 4) is 0 Å². The summed E-state index contributed by atoms with van der Waals surface area (Å²) < 4.78 is 10.6. The van der Waals surface area contributed by atoms with Gasteiger partial charge in [-0.3, -0.25) is 0 Å². The van der Waals surface area contributed by atoms with Crippen LogP contribution in [0.25, 0.3) is 0 Å². The molecule has 2 rings (SSSR count). The summed E-state index contributed by atoms with van der Waals surface area (Å²) in [7, 11) is 0. The largest absolute Gasteiger partial charge is 0.502 e. The van der Waals surface area contributed by atoms with Gasteiger partial charge in [0.2, 0.25) is 0 Å². The fraction of sp³-hybridized carbons (Fsp3) is 0.444. The number of rotatable bonds is 7. The highest BCUT2D eigenvalue weighted by Gasteiger charge is 2.23. The smallest absolute Gasteiger partial charge is 0.112 e. The molecular weight excluding hydrogens is 248 g/mol. The van der Waals surface area contributed by atoms with E-state index in [0.717, 1.165) is 6.61 Å². The van der Waals surface area contributed by atoms with Crippen LogP contribution in [0.1, 0.15) is 42.7 Å². The van der Waals surface area contributed by atoms with E-state index in [1.807, 2.05) is 0 Å². The van der Waals surface area contributed by atoms with Crippen LogP contribution >= 0.6 is 0 Å². The summed E-state index contributed by atoms with van der Waals surface area (Å²) in [5, 5.41) is 0. The molecule has 0 aromatic heterocycles. The number of hydrogen-bond acceptors (Lipinski definition) is 2. The lowest BCUT2D eigenvalue weighted by Gasteiger charge is -2.29. The van der Waals surface area contributed by atoms with Crippen molar-refractivity contribution >= 4 is 0 Å². The van der Waals surface area contributed by atoms with Crippen molar-refractivity contribution in [3.05, 3.63) is 61.1 Å². The van der Waals surface area contributed by atoms with E-state index < -0.39 is 0 Å². The van der Waals surface area contributed by atoms with Crippen molar-refractivity contribution in [3.63, 3.8) is 0 Å². The lowest BCUT2D eigenvalue weighted by Crippen LogP contribution is -2.18. The molecule has 0 amide bonds. The van der Waals surface area contributed by atoms with Gasteiger partial charge in [-0.15, -0.1) is 0 Å².